The molecule has 1 aromatic carbocycles. The van der Waals surface area contributed by atoms with Crippen LogP contribution in [0, 0.1) is 5.92 Å². The minimum atomic E-state index is -0.953. The van der Waals surface area contributed by atoms with E-state index in [1.807, 2.05) is 19.9 Å². The molecule has 29 heavy (non-hydrogen) atoms. The van der Waals surface area contributed by atoms with Crippen molar-refractivity contribution in [2.24, 2.45) is 5.92 Å². The van der Waals surface area contributed by atoms with Gasteiger partial charge in [0.25, 0.3) is 0 Å². The van der Waals surface area contributed by atoms with Crippen molar-refractivity contribution in [3.05, 3.63) is 23.3 Å². The van der Waals surface area contributed by atoms with E-state index < -0.39 is 29.1 Å². The van der Waals surface area contributed by atoms with Gasteiger partial charge in [0.1, 0.15) is 12.1 Å². The summed E-state index contributed by atoms with van der Waals surface area (Å²) >= 11 is 0. The number of phenolic OH excluding ortho intramolecular Hbond substituents is 1. The quantitative estimate of drug-likeness (QED) is 0.601. The fourth-order valence-corrected chi connectivity index (χ4v) is 6.70. The summed E-state index contributed by atoms with van der Waals surface area (Å²) in [5.41, 5.74) is 0.505. The van der Waals surface area contributed by atoms with Gasteiger partial charge in [-0.05, 0) is 56.8 Å². The molecule has 0 unspecified atom stereocenters. The standard InChI is InChI=1S/C22H30N2O5/c1-11(2)17(20(26)27)23-13-6-7-22(28)15-10-12-4-5-14(25)18-16(12)21(22,19(13)29-18)8-9-24(15)3/h4-5,11,13,15,17,19,23,25,28H,6-10H2,1-3H3,(H,26,27)/t13-,15+,17+,19-,21-,22+/m0/s1. The molecule has 158 valence electrons. The lowest BCUT2D eigenvalue weighted by Gasteiger charge is -2.63. The number of aliphatic carboxylic acids is 1. The van der Waals surface area contributed by atoms with Gasteiger partial charge < -0.3 is 25.0 Å². The Morgan fingerprint density at radius 2 is 2.10 bits per heavy atom. The maximum absolute atomic E-state index is 12.1. The maximum atomic E-state index is 12.1. The van der Waals surface area contributed by atoms with E-state index in [0.717, 1.165) is 30.5 Å². The zero-order chi connectivity index (χ0) is 20.7. The molecule has 2 bridgehead atoms. The SMILES string of the molecule is CC(C)[C@@H](N[C@H]1CC[C@@]2(O)[C@H]3Cc4ccc(O)c5c4[C@@]2(CCN3C)[C@H]1O5)C(=O)O. The van der Waals surface area contributed by atoms with Crippen LogP contribution in [0.4, 0.5) is 0 Å². The Morgan fingerprint density at radius 3 is 2.79 bits per heavy atom. The number of likely N-dealkylation sites (N-methyl/N-ethyl adjacent to an activating group) is 1. The summed E-state index contributed by atoms with van der Waals surface area (Å²) in [6.07, 6.45) is 2.27. The third kappa shape index (κ3) is 2.26. The first kappa shape index (κ1) is 19.2. The second-order valence-electron chi connectivity index (χ2n) is 9.70. The van der Waals surface area contributed by atoms with Gasteiger partial charge in [-0.25, -0.2) is 0 Å². The predicted molar refractivity (Wildman–Crippen MR) is 106 cm³/mol. The third-order valence-corrected chi connectivity index (χ3v) is 8.06. The molecule has 2 aliphatic heterocycles. The van der Waals surface area contributed by atoms with Gasteiger partial charge in [-0.3, -0.25) is 10.1 Å². The van der Waals surface area contributed by atoms with Crippen molar-refractivity contribution in [3.63, 3.8) is 0 Å². The van der Waals surface area contributed by atoms with E-state index in [9.17, 15) is 20.1 Å². The van der Waals surface area contributed by atoms with Gasteiger partial charge in [-0.2, -0.15) is 0 Å². The number of ether oxygens (including phenoxy) is 1. The van der Waals surface area contributed by atoms with Crippen LogP contribution in [0.2, 0.25) is 0 Å². The number of benzene rings is 1. The van der Waals surface area contributed by atoms with E-state index in [0.29, 0.717) is 18.6 Å². The van der Waals surface area contributed by atoms with Gasteiger partial charge in [0, 0.05) is 17.6 Å². The molecule has 2 heterocycles. The van der Waals surface area contributed by atoms with E-state index in [1.54, 1.807) is 6.07 Å². The highest BCUT2D eigenvalue weighted by Gasteiger charge is 2.72. The van der Waals surface area contributed by atoms with E-state index in [1.165, 1.54) is 0 Å². The number of rotatable bonds is 4. The summed E-state index contributed by atoms with van der Waals surface area (Å²) in [7, 11) is 2.07. The Hall–Kier alpha value is -1.83. The number of carboxylic acids is 1. The molecule has 4 aliphatic rings. The first-order valence-electron chi connectivity index (χ1n) is 10.6. The van der Waals surface area contributed by atoms with Crippen LogP contribution in [-0.4, -0.2) is 69.6 Å². The summed E-state index contributed by atoms with van der Waals surface area (Å²) < 4.78 is 6.40. The van der Waals surface area contributed by atoms with Crippen LogP contribution in [-0.2, 0) is 16.6 Å². The molecule has 0 aromatic heterocycles. The molecular formula is C22H30N2O5. The molecule has 5 rings (SSSR count). The van der Waals surface area contributed by atoms with Crippen molar-refractivity contribution < 1.29 is 24.9 Å². The van der Waals surface area contributed by atoms with Crippen molar-refractivity contribution in [2.45, 2.75) is 74.8 Å². The van der Waals surface area contributed by atoms with Gasteiger partial charge in [0.2, 0.25) is 0 Å². The molecule has 0 amide bonds. The molecule has 0 radical (unpaired) electrons. The molecular weight excluding hydrogens is 372 g/mol. The van der Waals surface area contributed by atoms with E-state index in [2.05, 4.69) is 17.3 Å². The number of phenols is 1. The Kier molecular flexibility index (Phi) is 4.02. The average Bonchev–Trinajstić information content (AvgIpc) is 3.01. The molecule has 1 aromatic rings. The number of aromatic hydroxyl groups is 1. The molecule has 6 atom stereocenters. The molecule has 7 nitrogen and oxygen atoms in total. The van der Waals surface area contributed by atoms with Crippen LogP contribution in [0.1, 0.15) is 44.2 Å². The Morgan fingerprint density at radius 1 is 1.34 bits per heavy atom. The predicted octanol–water partition coefficient (Wildman–Crippen LogP) is 1.24. The van der Waals surface area contributed by atoms with Gasteiger partial charge >= 0.3 is 5.97 Å². The second-order valence-corrected chi connectivity index (χ2v) is 9.70. The summed E-state index contributed by atoms with van der Waals surface area (Å²) in [6, 6.07) is 2.73. The van der Waals surface area contributed by atoms with E-state index in [4.69, 9.17) is 4.74 Å². The molecule has 1 saturated heterocycles. The number of hydrogen-bond acceptors (Lipinski definition) is 6. The molecule has 2 aliphatic carbocycles. The topological polar surface area (TPSA) is 102 Å². The highest BCUT2D eigenvalue weighted by Crippen LogP contribution is 2.65. The summed E-state index contributed by atoms with van der Waals surface area (Å²) in [5.74, 6) is -0.360. The minimum Gasteiger partial charge on any atom is -0.504 e. The number of nitrogens with zero attached hydrogens (tertiary/aromatic N) is 1. The van der Waals surface area contributed by atoms with Gasteiger partial charge in [0.05, 0.1) is 11.0 Å². The van der Waals surface area contributed by atoms with E-state index >= 15 is 0 Å². The van der Waals surface area contributed by atoms with Crippen LogP contribution in [0.3, 0.4) is 0 Å². The lowest BCUT2D eigenvalue weighted by atomic mass is 9.48. The Labute approximate surface area is 170 Å². The van der Waals surface area contributed by atoms with Gasteiger partial charge in [-0.15, -0.1) is 0 Å². The van der Waals surface area contributed by atoms with Crippen LogP contribution in [0.15, 0.2) is 12.1 Å². The first-order chi connectivity index (χ1) is 13.7. The van der Waals surface area contributed by atoms with Crippen molar-refractivity contribution >= 4 is 5.97 Å². The lowest BCUT2D eigenvalue weighted by Crippen LogP contribution is -2.78. The monoisotopic (exact) mass is 402 g/mol. The van der Waals surface area contributed by atoms with E-state index in [-0.39, 0.29) is 23.8 Å². The van der Waals surface area contributed by atoms with Crippen molar-refractivity contribution in [1.29, 1.82) is 0 Å². The Bertz CT molecular complexity index is 873. The summed E-state index contributed by atoms with van der Waals surface area (Å²) in [5, 5.41) is 35.7. The lowest BCUT2D eigenvalue weighted by molar-refractivity contribution is -0.188. The second kappa shape index (κ2) is 6.09. The van der Waals surface area contributed by atoms with Crippen LogP contribution >= 0.6 is 0 Å². The number of hydrogen-bond donors (Lipinski definition) is 4. The minimum absolute atomic E-state index is 0.00772. The van der Waals surface area contributed by atoms with Crippen molar-refractivity contribution in [1.82, 2.24) is 10.2 Å². The van der Waals surface area contributed by atoms with Crippen LogP contribution in [0.5, 0.6) is 11.5 Å². The number of carboxylic acid groups (broad SMARTS) is 1. The fourth-order valence-electron chi connectivity index (χ4n) is 6.70. The van der Waals surface area contributed by atoms with Crippen molar-refractivity contribution in [3.8, 4) is 11.5 Å². The number of piperidine rings is 1. The molecule has 4 N–H and O–H groups in total. The third-order valence-electron chi connectivity index (χ3n) is 8.06. The highest BCUT2D eigenvalue weighted by atomic mass is 16.5. The first-order valence-corrected chi connectivity index (χ1v) is 10.6. The summed E-state index contributed by atoms with van der Waals surface area (Å²) in [6.45, 7) is 4.62. The normalized spacial score (nSPS) is 38.4. The molecule has 1 saturated carbocycles. The largest absolute Gasteiger partial charge is 0.504 e. The maximum Gasteiger partial charge on any atom is 0.320 e. The van der Waals surface area contributed by atoms with Gasteiger partial charge in [-0.1, -0.05) is 19.9 Å². The number of carbonyl (C=O) groups is 1. The Balaban J connectivity index is 1.64. The van der Waals surface area contributed by atoms with Crippen LogP contribution < -0.4 is 10.1 Å². The molecule has 1 spiro atoms. The molecule has 7 heteroatoms. The average molecular weight is 402 g/mol. The molecule has 2 fully saturated rings. The zero-order valence-corrected chi connectivity index (χ0v) is 17.2. The zero-order valence-electron chi connectivity index (χ0n) is 17.2. The highest BCUT2D eigenvalue weighted by molar-refractivity contribution is 5.74. The summed E-state index contributed by atoms with van der Waals surface area (Å²) in [4.78, 5) is 14.1. The number of nitrogens with one attached hydrogen (secondary N) is 1. The van der Waals surface area contributed by atoms with Crippen molar-refractivity contribution in [2.75, 3.05) is 13.6 Å². The smallest absolute Gasteiger partial charge is 0.320 e. The van der Waals surface area contributed by atoms with Crippen LogP contribution in [0.25, 0.3) is 0 Å². The fraction of sp³-hybridized carbons (Fsp3) is 0.682. The van der Waals surface area contributed by atoms with Gasteiger partial charge in [0.15, 0.2) is 11.5 Å². The number of likely N-dealkylation sites (tertiary alicyclic amines) is 1. The number of aliphatic hydroxyl groups is 1.